The third-order valence-corrected chi connectivity index (χ3v) is 2.75. The maximum atomic E-state index is 11.4. The molecule has 1 N–H and O–H groups in total. The Morgan fingerprint density at radius 1 is 1.06 bits per heavy atom. The molecule has 0 aliphatic carbocycles. The van der Waals surface area contributed by atoms with Crippen LogP contribution < -0.4 is 5.56 Å². The van der Waals surface area contributed by atoms with Gasteiger partial charge in [0.15, 0.2) is 6.29 Å². The average Bonchev–Trinajstić information content (AvgIpc) is 2.30. The van der Waals surface area contributed by atoms with E-state index in [0.29, 0.717) is 12.0 Å². The van der Waals surface area contributed by atoms with Gasteiger partial charge in [-0.05, 0) is 29.8 Å². The Morgan fingerprint density at radius 2 is 1.75 bits per heavy atom. The van der Waals surface area contributed by atoms with Crippen LogP contribution in [-0.4, -0.2) is 11.3 Å². The smallest absolute Gasteiger partial charge is 0.258 e. The van der Waals surface area contributed by atoms with E-state index in [1.165, 1.54) is 6.07 Å². The molecular weight excluding hydrogens is 270 g/mol. The van der Waals surface area contributed by atoms with Gasteiger partial charge in [0, 0.05) is 10.2 Å². The molecule has 0 saturated heterocycles. The van der Waals surface area contributed by atoms with Crippen LogP contribution in [0.5, 0.6) is 0 Å². The number of pyridine rings is 1. The first kappa shape index (κ1) is 10.8. The van der Waals surface area contributed by atoms with Crippen molar-refractivity contribution in [1.29, 1.82) is 0 Å². The zero-order valence-corrected chi connectivity index (χ0v) is 9.82. The molecule has 16 heavy (non-hydrogen) atoms. The summed E-state index contributed by atoms with van der Waals surface area (Å²) in [6.07, 6.45) is 0.546. The Bertz CT molecular complexity index is 572. The number of benzene rings is 1. The SMILES string of the molecule is O=Cc1ccc(-c2ccc(Br)cc2)[nH]c1=O. The topological polar surface area (TPSA) is 49.9 Å². The van der Waals surface area contributed by atoms with E-state index >= 15 is 0 Å². The van der Waals surface area contributed by atoms with E-state index in [1.807, 2.05) is 24.3 Å². The Labute approximate surface area is 100 Å². The lowest BCUT2D eigenvalue weighted by molar-refractivity contribution is 0.112. The number of aldehydes is 1. The molecular formula is C12H8BrNO2. The predicted molar refractivity (Wildman–Crippen MR) is 65.6 cm³/mol. The van der Waals surface area contributed by atoms with Crippen molar-refractivity contribution >= 4 is 22.2 Å². The number of hydrogen-bond donors (Lipinski definition) is 1. The largest absolute Gasteiger partial charge is 0.321 e. The molecule has 0 atom stereocenters. The summed E-state index contributed by atoms with van der Waals surface area (Å²) in [6.45, 7) is 0. The maximum absolute atomic E-state index is 11.4. The number of aromatic nitrogens is 1. The molecule has 1 heterocycles. The maximum Gasteiger partial charge on any atom is 0.258 e. The van der Waals surface area contributed by atoms with Gasteiger partial charge in [-0.1, -0.05) is 28.1 Å². The van der Waals surface area contributed by atoms with Crippen molar-refractivity contribution in [2.75, 3.05) is 0 Å². The van der Waals surface area contributed by atoms with E-state index in [4.69, 9.17) is 0 Å². The van der Waals surface area contributed by atoms with Crippen molar-refractivity contribution in [3.63, 3.8) is 0 Å². The van der Waals surface area contributed by atoms with Crippen molar-refractivity contribution in [1.82, 2.24) is 4.98 Å². The van der Waals surface area contributed by atoms with Gasteiger partial charge in [0.1, 0.15) is 0 Å². The van der Waals surface area contributed by atoms with Crippen molar-refractivity contribution in [3.05, 3.63) is 56.8 Å². The highest BCUT2D eigenvalue weighted by Gasteiger charge is 2.01. The van der Waals surface area contributed by atoms with Crippen LogP contribution in [0.15, 0.2) is 45.7 Å². The summed E-state index contributed by atoms with van der Waals surface area (Å²) in [5, 5.41) is 0. The Morgan fingerprint density at radius 3 is 2.31 bits per heavy atom. The van der Waals surface area contributed by atoms with Crippen molar-refractivity contribution < 1.29 is 4.79 Å². The van der Waals surface area contributed by atoms with Crippen molar-refractivity contribution in [2.24, 2.45) is 0 Å². The van der Waals surface area contributed by atoms with Crippen LogP contribution in [0.1, 0.15) is 10.4 Å². The summed E-state index contributed by atoms with van der Waals surface area (Å²) in [7, 11) is 0. The van der Waals surface area contributed by atoms with E-state index in [-0.39, 0.29) is 11.1 Å². The molecule has 0 spiro atoms. The second kappa shape index (κ2) is 4.45. The van der Waals surface area contributed by atoms with Crippen LogP contribution in [0.3, 0.4) is 0 Å². The van der Waals surface area contributed by atoms with Crippen LogP contribution in [0.2, 0.25) is 0 Å². The molecule has 1 aromatic carbocycles. The molecule has 0 unspecified atom stereocenters. The standard InChI is InChI=1S/C12H8BrNO2/c13-10-4-1-8(2-5-10)11-6-3-9(7-15)12(16)14-11/h1-7H,(H,14,16). The van der Waals surface area contributed by atoms with Gasteiger partial charge in [-0.25, -0.2) is 0 Å². The number of H-pyrrole nitrogens is 1. The molecule has 0 amide bonds. The summed E-state index contributed by atoms with van der Waals surface area (Å²) in [5.74, 6) is 0. The fraction of sp³-hybridized carbons (Fsp3) is 0. The van der Waals surface area contributed by atoms with Crippen molar-refractivity contribution in [2.45, 2.75) is 0 Å². The van der Waals surface area contributed by atoms with Gasteiger partial charge in [0.05, 0.1) is 5.56 Å². The van der Waals surface area contributed by atoms with E-state index in [0.717, 1.165) is 10.0 Å². The molecule has 4 heteroatoms. The first-order valence-electron chi connectivity index (χ1n) is 4.65. The number of carbonyl (C=O) groups is 1. The van der Waals surface area contributed by atoms with Gasteiger partial charge in [0.2, 0.25) is 0 Å². The Balaban J connectivity index is 2.49. The molecule has 3 nitrogen and oxygen atoms in total. The fourth-order valence-electron chi connectivity index (χ4n) is 1.38. The summed E-state index contributed by atoms with van der Waals surface area (Å²) in [5.41, 5.74) is 1.37. The average molecular weight is 278 g/mol. The van der Waals surface area contributed by atoms with E-state index in [9.17, 15) is 9.59 Å². The molecule has 0 fully saturated rings. The highest BCUT2D eigenvalue weighted by molar-refractivity contribution is 9.10. The van der Waals surface area contributed by atoms with Gasteiger partial charge in [0.25, 0.3) is 5.56 Å². The minimum atomic E-state index is -0.365. The Kier molecular flexibility index (Phi) is 3.01. The molecule has 80 valence electrons. The second-order valence-electron chi connectivity index (χ2n) is 3.28. The van der Waals surface area contributed by atoms with Gasteiger partial charge in [-0.15, -0.1) is 0 Å². The van der Waals surface area contributed by atoms with Gasteiger partial charge >= 0.3 is 0 Å². The van der Waals surface area contributed by atoms with Gasteiger partial charge in [-0.2, -0.15) is 0 Å². The molecule has 0 saturated carbocycles. The number of rotatable bonds is 2. The minimum absolute atomic E-state index is 0.140. The number of aromatic amines is 1. The lowest BCUT2D eigenvalue weighted by atomic mass is 10.1. The summed E-state index contributed by atoms with van der Waals surface area (Å²) >= 11 is 3.34. The number of hydrogen-bond acceptors (Lipinski definition) is 2. The molecule has 2 rings (SSSR count). The van der Waals surface area contributed by atoms with Crippen molar-refractivity contribution in [3.8, 4) is 11.3 Å². The Hall–Kier alpha value is -1.68. The highest BCUT2D eigenvalue weighted by Crippen LogP contribution is 2.18. The van der Waals surface area contributed by atoms with Crippen LogP contribution >= 0.6 is 15.9 Å². The highest BCUT2D eigenvalue weighted by atomic mass is 79.9. The first-order chi connectivity index (χ1) is 7.70. The normalized spacial score (nSPS) is 10.1. The van der Waals surface area contributed by atoms with Gasteiger partial charge in [-0.3, -0.25) is 9.59 Å². The number of nitrogens with one attached hydrogen (secondary N) is 1. The first-order valence-corrected chi connectivity index (χ1v) is 5.44. The van der Waals surface area contributed by atoms with E-state index < -0.39 is 0 Å². The minimum Gasteiger partial charge on any atom is -0.321 e. The quantitative estimate of drug-likeness (QED) is 0.858. The lowest BCUT2D eigenvalue weighted by Crippen LogP contribution is -2.11. The van der Waals surface area contributed by atoms with E-state index in [1.54, 1.807) is 6.07 Å². The van der Waals surface area contributed by atoms with E-state index in [2.05, 4.69) is 20.9 Å². The molecule has 2 aromatic rings. The van der Waals surface area contributed by atoms with Crippen LogP contribution in [0.4, 0.5) is 0 Å². The number of halogens is 1. The molecule has 0 bridgehead atoms. The molecule has 0 aliphatic heterocycles. The zero-order chi connectivity index (χ0) is 11.5. The number of carbonyl (C=O) groups excluding carboxylic acids is 1. The van der Waals surface area contributed by atoms with Crippen LogP contribution in [-0.2, 0) is 0 Å². The zero-order valence-electron chi connectivity index (χ0n) is 8.24. The molecule has 1 aromatic heterocycles. The monoisotopic (exact) mass is 277 g/mol. The summed E-state index contributed by atoms with van der Waals surface area (Å²) in [4.78, 5) is 24.6. The lowest BCUT2D eigenvalue weighted by Gasteiger charge is -2.01. The second-order valence-corrected chi connectivity index (χ2v) is 4.20. The van der Waals surface area contributed by atoms with Gasteiger partial charge < -0.3 is 4.98 Å². The van der Waals surface area contributed by atoms with Crippen LogP contribution in [0.25, 0.3) is 11.3 Å². The summed E-state index contributed by atoms with van der Waals surface area (Å²) < 4.78 is 0.975. The summed E-state index contributed by atoms with van der Waals surface area (Å²) in [6, 6.07) is 10.8. The fourth-order valence-corrected chi connectivity index (χ4v) is 1.64. The van der Waals surface area contributed by atoms with Crippen LogP contribution in [0, 0.1) is 0 Å². The molecule has 0 aliphatic rings. The third-order valence-electron chi connectivity index (χ3n) is 2.22. The third kappa shape index (κ3) is 2.12. The molecule has 0 radical (unpaired) electrons. The predicted octanol–water partition coefficient (Wildman–Crippen LogP) is 2.62.